The quantitative estimate of drug-likeness (QED) is 0.432. The monoisotopic (exact) mass is 498 g/mol. The summed E-state index contributed by atoms with van der Waals surface area (Å²) in [6.07, 6.45) is 1.18. The van der Waals surface area contributed by atoms with E-state index in [4.69, 9.17) is 21.6 Å². The standard InChI is InChI=1S/C27H29ClF2N4O/c1-4-17(2)25-31-18(3)21(16-22-23(28)6-5-7-24(22)30)26(32-25)33-12-14-34(15-13-33)27(35)19-8-10-20(29)11-9-19/h5-11,17H,4,12-16H2,1-3H3/t17-/m0/s1. The van der Waals surface area contributed by atoms with Gasteiger partial charge in [-0.25, -0.2) is 18.7 Å². The molecule has 8 heteroatoms. The van der Waals surface area contributed by atoms with Crippen LogP contribution in [0.1, 0.15) is 59.2 Å². The zero-order chi connectivity index (χ0) is 25.1. The van der Waals surface area contributed by atoms with Crippen molar-refractivity contribution in [2.75, 3.05) is 31.1 Å². The number of benzene rings is 2. The Kier molecular flexibility index (Phi) is 7.65. The van der Waals surface area contributed by atoms with Crippen LogP contribution < -0.4 is 4.90 Å². The molecule has 1 amide bonds. The maximum atomic E-state index is 14.6. The van der Waals surface area contributed by atoms with Crippen molar-refractivity contribution >= 4 is 23.3 Å². The fourth-order valence-corrected chi connectivity index (χ4v) is 4.48. The Morgan fingerprint density at radius 2 is 1.71 bits per heavy atom. The summed E-state index contributed by atoms with van der Waals surface area (Å²) in [5.74, 6) is 0.852. The highest BCUT2D eigenvalue weighted by atomic mass is 35.5. The van der Waals surface area contributed by atoms with Crippen molar-refractivity contribution in [1.29, 1.82) is 0 Å². The van der Waals surface area contributed by atoms with Crippen LogP contribution in [-0.2, 0) is 6.42 Å². The lowest BCUT2D eigenvalue weighted by molar-refractivity contribution is 0.0746. The molecule has 0 N–H and O–H groups in total. The fourth-order valence-electron chi connectivity index (χ4n) is 4.25. The Bertz CT molecular complexity index is 1190. The van der Waals surface area contributed by atoms with E-state index in [1.807, 2.05) is 6.92 Å². The predicted molar refractivity (Wildman–Crippen MR) is 134 cm³/mol. The molecular formula is C27H29ClF2N4O. The molecule has 1 aliphatic heterocycles. The van der Waals surface area contributed by atoms with Crippen molar-refractivity contribution in [2.24, 2.45) is 0 Å². The topological polar surface area (TPSA) is 49.3 Å². The first-order valence-corrected chi connectivity index (χ1v) is 12.3. The van der Waals surface area contributed by atoms with E-state index in [1.54, 1.807) is 17.0 Å². The van der Waals surface area contributed by atoms with Gasteiger partial charge in [-0.15, -0.1) is 0 Å². The Morgan fingerprint density at radius 1 is 1.03 bits per heavy atom. The van der Waals surface area contributed by atoms with Crippen molar-refractivity contribution in [3.05, 3.63) is 87.3 Å². The lowest BCUT2D eigenvalue weighted by Gasteiger charge is -2.37. The van der Waals surface area contributed by atoms with Gasteiger partial charge in [-0.1, -0.05) is 31.5 Å². The number of anilines is 1. The average molecular weight is 499 g/mol. The zero-order valence-corrected chi connectivity index (χ0v) is 20.9. The van der Waals surface area contributed by atoms with E-state index in [9.17, 15) is 13.6 Å². The molecule has 1 fully saturated rings. The van der Waals surface area contributed by atoms with Gasteiger partial charge < -0.3 is 9.80 Å². The van der Waals surface area contributed by atoms with Crippen molar-refractivity contribution in [3.63, 3.8) is 0 Å². The molecule has 3 aromatic rings. The van der Waals surface area contributed by atoms with E-state index >= 15 is 0 Å². The van der Waals surface area contributed by atoms with E-state index in [2.05, 4.69) is 18.7 Å². The molecule has 1 aliphatic rings. The number of carbonyl (C=O) groups excluding carboxylic acids is 1. The molecule has 0 spiro atoms. The number of hydrogen-bond acceptors (Lipinski definition) is 4. The predicted octanol–water partition coefficient (Wildman–Crippen LogP) is 5.78. The number of piperazine rings is 1. The number of amides is 1. The molecule has 1 atom stereocenters. The van der Waals surface area contributed by atoms with Gasteiger partial charge in [0.05, 0.1) is 0 Å². The lowest BCUT2D eigenvalue weighted by Crippen LogP contribution is -2.49. The molecule has 1 saturated heterocycles. The number of aromatic nitrogens is 2. The molecule has 4 rings (SSSR count). The van der Waals surface area contributed by atoms with Gasteiger partial charge in [0.2, 0.25) is 0 Å². The smallest absolute Gasteiger partial charge is 0.253 e. The third kappa shape index (κ3) is 5.45. The molecule has 184 valence electrons. The van der Waals surface area contributed by atoms with Crippen LogP contribution in [0, 0.1) is 18.6 Å². The van der Waals surface area contributed by atoms with Gasteiger partial charge in [0.1, 0.15) is 23.3 Å². The normalized spacial score (nSPS) is 14.8. The van der Waals surface area contributed by atoms with Crippen LogP contribution in [0.25, 0.3) is 0 Å². The maximum Gasteiger partial charge on any atom is 0.253 e. The van der Waals surface area contributed by atoms with Gasteiger partial charge in [-0.2, -0.15) is 0 Å². The van der Waals surface area contributed by atoms with Gasteiger partial charge in [-0.05, 0) is 49.7 Å². The Labute approximate surface area is 209 Å². The summed E-state index contributed by atoms with van der Waals surface area (Å²) < 4.78 is 27.9. The number of hydrogen-bond donors (Lipinski definition) is 0. The second-order valence-corrected chi connectivity index (χ2v) is 9.35. The van der Waals surface area contributed by atoms with Gasteiger partial charge in [0.25, 0.3) is 5.91 Å². The maximum absolute atomic E-state index is 14.6. The number of nitrogens with zero attached hydrogens (tertiary/aromatic N) is 4. The third-order valence-corrected chi connectivity index (χ3v) is 6.99. The number of halogens is 3. The van der Waals surface area contributed by atoms with Crippen LogP contribution in [0.3, 0.4) is 0 Å². The molecule has 0 radical (unpaired) electrons. The first kappa shape index (κ1) is 25.0. The van der Waals surface area contributed by atoms with Crippen molar-refractivity contribution in [1.82, 2.24) is 14.9 Å². The Hall–Kier alpha value is -3.06. The summed E-state index contributed by atoms with van der Waals surface area (Å²) in [4.78, 5) is 26.5. The molecular weight excluding hydrogens is 470 g/mol. The van der Waals surface area contributed by atoms with Gasteiger partial charge in [-0.3, -0.25) is 4.79 Å². The molecule has 0 saturated carbocycles. The minimum Gasteiger partial charge on any atom is -0.353 e. The van der Waals surface area contributed by atoms with Crippen LogP contribution in [0.5, 0.6) is 0 Å². The summed E-state index contributed by atoms with van der Waals surface area (Å²) in [7, 11) is 0. The summed E-state index contributed by atoms with van der Waals surface area (Å²) in [6.45, 7) is 8.24. The molecule has 2 heterocycles. The summed E-state index contributed by atoms with van der Waals surface area (Å²) in [5, 5.41) is 0.371. The van der Waals surface area contributed by atoms with Crippen LogP contribution >= 0.6 is 11.6 Å². The van der Waals surface area contributed by atoms with E-state index in [0.29, 0.717) is 42.3 Å². The van der Waals surface area contributed by atoms with Crippen molar-refractivity contribution in [2.45, 2.75) is 39.5 Å². The second kappa shape index (κ2) is 10.7. The molecule has 5 nitrogen and oxygen atoms in total. The number of rotatable bonds is 6. The minimum atomic E-state index is -0.370. The highest BCUT2D eigenvalue weighted by molar-refractivity contribution is 6.31. The average Bonchev–Trinajstić information content (AvgIpc) is 2.86. The van der Waals surface area contributed by atoms with E-state index in [1.165, 1.54) is 30.3 Å². The van der Waals surface area contributed by atoms with Gasteiger partial charge in [0.15, 0.2) is 0 Å². The second-order valence-electron chi connectivity index (χ2n) is 8.94. The number of aryl methyl sites for hydroxylation is 1. The SMILES string of the molecule is CC[C@H](C)c1nc(C)c(Cc2c(F)cccc2Cl)c(N2CCN(C(=O)c3ccc(F)cc3)CC2)n1. The summed E-state index contributed by atoms with van der Waals surface area (Å²) >= 11 is 6.33. The highest BCUT2D eigenvalue weighted by Gasteiger charge is 2.27. The first-order chi connectivity index (χ1) is 16.8. The largest absolute Gasteiger partial charge is 0.353 e. The van der Waals surface area contributed by atoms with Crippen LogP contribution in [0.4, 0.5) is 14.6 Å². The molecule has 2 aromatic carbocycles. The van der Waals surface area contributed by atoms with Gasteiger partial charge >= 0.3 is 0 Å². The van der Waals surface area contributed by atoms with Crippen LogP contribution in [0.15, 0.2) is 42.5 Å². The fraction of sp³-hybridized carbons (Fsp3) is 0.370. The number of carbonyl (C=O) groups is 1. The van der Waals surface area contributed by atoms with E-state index in [0.717, 1.165) is 29.3 Å². The zero-order valence-electron chi connectivity index (χ0n) is 20.2. The first-order valence-electron chi connectivity index (χ1n) is 11.9. The third-order valence-electron chi connectivity index (χ3n) is 6.64. The Balaban J connectivity index is 1.62. The summed E-state index contributed by atoms with van der Waals surface area (Å²) in [5.41, 5.74) is 2.52. The van der Waals surface area contributed by atoms with Crippen LogP contribution in [0.2, 0.25) is 5.02 Å². The lowest BCUT2D eigenvalue weighted by atomic mass is 10.0. The molecule has 1 aromatic heterocycles. The highest BCUT2D eigenvalue weighted by Crippen LogP contribution is 2.31. The van der Waals surface area contributed by atoms with Crippen LogP contribution in [-0.4, -0.2) is 47.0 Å². The van der Waals surface area contributed by atoms with E-state index < -0.39 is 0 Å². The van der Waals surface area contributed by atoms with Gasteiger partial charge in [0, 0.05) is 65.9 Å². The van der Waals surface area contributed by atoms with Crippen molar-refractivity contribution < 1.29 is 13.6 Å². The molecule has 0 unspecified atom stereocenters. The Morgan fingerprint density at radius 3 is 2.34 bits per heavy atom. The van der Waals surface area contributed by atoms with E-state index in [-0.39, 0.29) is 29.9 Å². The van der Waals surface area contributed by atoms with Crippen molar-refractivity contribution in [3.8, 4) is 0 Å². The molecule has 0 aliphatic carbocycles. The molecule has 35 heavy (non-hydrogen) atoms. The molecule has 0 bridgehead atoms. The minimum absolute atomic E-state index is 0.123. The summed E-state index contributed by atoms with van der Waals surface area (Å²) in [6, 6.07) is 10.3.